The second-order valence-electron chi connectivity index (χ2n) is 5.74. The first-order valence-electron chi connectivity index (χ1n) is 8.31. The molecule has 0 saturated carbocycles. The average Bonchev–Trinajstić information content (AvgIpc) is 2.67. The molecular weight excluding hydrogens is 328 g/mol. The Morgan fingerprint density at radius 2 is 1.58 bits per heavy atom. The monoisotopic (exact) mass is 348 g/mol. The van der Waals surface area contributed by atoms with E-state index in [1.54, 1.807) is 0 Å². The third kappa shape index (κ3) is 5.01. The van der Waals surface area contributed by atoms with Crippen LogP contribution in [0, 0.1) is 0 Å². The summed E-state index contributed by atoms with van der Waals surface area (Å²) < 4.78 is 6.01. The fraction of sp³-hybridized carbons (Fsp3) is 0.0952. The average molecular weight is 348 g/mol. The van der Waals surface area contributed by atoms with Crippen molar-refractivity contribution in [3.8, 4) is 11.5 Å². The van der Waals surface area contributed by atoms with Gasteiger partial charge in [0, 0.05) is 13.1 Å². The van der Waals surface area contributed by atoms with Crippen molar-refractivity contribution in [2.45, 2.75) is 13.1 Å². The van der Waals surface area contributed by atoms with Crippen LogP contribution in [0.2, 0.25) is 0 Å². The first kappa shape index (κ1) is 17.4. The van der Waals surface area contributed by atoms with Crippen molar-refractivity contribution in [1.29, 1.82) is 0 Å². The molecule has 132 valence electrons. The number of rotatable bonds is 7. The van der Waals surface area contributed by atoms with Gasteiger partial charge in [0.2, 0.25) is 0 Å². The molecule has 0 aliphatic carbocycles. The molecule has 0 aliphatic heterocycles. The summed E-state index contributed by atoms with van der Waals surface area (Å²) in [7, 11) is 0. The molecule has 5 nitrogen and oxygen atoms in total. The zero-order valence-electron chi connectivity index (χ0n) is 14.2. The fourth-order valence-electron chi connectivity index (χ4n) is 2.52. The first-order chi connectivity index (χ1) is 12.7. The number of anilines is 1. The number of carboxylic acid groups (broad SMARTS) is 1. The molecular formula is C21H20N2O3. The third-order valence-electron chi connectivity index (χ3n) is 3.78. The van der Waals surface area contributed by atoms with E-state index in [9.17, 15) is 4.79 Å². The Kier molecular flexibility index (Phi) is 5.72. The molecule has 26 heavy (non-hydrogen) atoms. The van der Waals surface area contributed by atoms with Crippen molar-refractivity contribution in [1.82, 2.24) is 5.32 Å². The van der Waals surface area contributed by atoms with Crippen LogP contribution in [-0.2, 0) is 13.1 Å². The molecule has 0 radical (unpaired) electrons. The lowest BCUT2D eigenvalue weighted by molar-refractivity contribution is 0.194. The number of carbonyl (C=O) groups is 1. The fourth-order valence-corrected chi connectivity index (χ4v) is 2.52. The van der Waals surface area contributed by atoms with E-state index in [0.717, 1.165) is 11.3 Å². The molecule has 3 aromatic carbocycles. The van der Waals surface area contributed by atoms with Crippen molar-refractivity contribution in [3.63, 3.8) is 0 Å². The van der Waals surface area contributed by atoms with E-state index < -0.39 is 6.09 Å². The van der Waals surface area contributed by atoms with E-state index in [-0.39, 0.29) is 6.54 Å². The van der Waals surface area contributed by atoms with Gasteiger partial charge in [-0.05, 0) is 35.4 Å². The summed E-state index contributed by atoms with van der Waals surface area (Å²) in [6.45, 7) is 0.935. The number of para-hydroxylation sites is 2. The summed E-state index contributed by atoms with van der Waals surface area (Å²) >= 11 is 0. The molecule has 0 spiro atoms. The van der Waals surface area contributed by atoms with Crippen LogP contribution in [0.25, 0.3) is 0 Å². The van der Waals surface area contributed by atoms with Gasteiger partial charge in [0.05, 0.1) is 5.69 Å². The number of hydrogen-bond donors (Lipinski definition) is 3. The highest BCUT2D eigenvalue weighted by Crippen LogP contribution is 2.30. The Hall–Kier alpha value is -3.47. The van der Waals surface area contributed by atoms with Gasteiger partial charge < -0.3 is 20.5 Å². The Morgan fingerprint density at radius 1 is 0.846 bits per heavy atom. The van der Waals surface area contributed by atoms with Gasteiger partial charge in [0.1, 0.15) is 5.75 Å². The minimum atomic E-state index is -1.05. The minimum absolute atomic E-state index is 0.237. The molecule has 3 N–H and O–H groups in total. The van der Waals surface area contributed by atoms with E-state index >= 15 is 0 Å². The summed E-state index contributed by atoms with van der Waals surface area (Å²) in [4.78, 5) is 10.6. The summed E-state index contributed by atoms with van der Waals surface area (Å²) in [5, 5.41) is 14.5. The van der Waals surface area contributed by atoms with Crippen LogP contribution in [0.4, 0.5) is 10.5 Å². The zero-order chi connectivity index (χ0) is 18.2. The summed E-state index contributed by atoms with van der Waals surface area (Å²) in [6.07, 6.45) is -1.05. The first-order valence-corrected chi connectivity index (χ1v) is 8.31. The molecule has 0 aromatic heterocycles. The second-order valence-corrected chi connectivity index (χ2v) is 5.74. The maximum Gasteiger partial charge on any atom is 0.404 e. The van der Waals surface area contributed by atoms with Gasteiger partial charge in [-0.2, -0.15) is 0 Å². The van der Waals surface area contributed by atoms with Crippen molar-refractivity contribution < 1.29 is 14.6 Å². The molecule has 1 amide bonds. The zero-order valence-corrected chi connectivity index (χ0v) is 14.2. The summed E-state index contributed by atoms with van der Waals surface area (Å²) in [6, 6.07) is 25.2. The highest BCUT2D eigenvalue weighted by atomic mass is 16.5. The van der Waals surface area contributed by atoms with Crippen molar-refractivity contribution in [2.75, 3.05) is 5.32 Å². The van der Waals surface area contributed by atoms with Gasteiger partial charge in [-0.15, -0.1) is 0 Å². The van der Waals surface area contributed by atoms with Crippen molar-refractivity contribution in [2.24, 2.45) is 0 Å². The van der Waals surface area contributed by atoms with E-state index in [0.29, 0.717) is 18.0 Å². The second kappa shape index (κ2) is 8.58. The molecule has 0 saturated heterocycles. The number of benzene rings is 3. The van der Waals surface area contributed by atoms with Crippen LogP contribution in [0.15, 0.2) is 78.9 Å². The van der Waals surface area contributed by atoms with Crippen LogP contribution in [-0.4, -0.2) is 11.2 Å². The number of ether oxygens (including phenoxy) is 1. The van der Waals surface area contributed by atoms with Gasteiger partial charge in [-0.1, -0.05) is 54.6 Å². The van der Waals surface area contributed by atoms with Gasteiger partial charge in [0.15, 0.2) is 5.75 Å². The maximum absolute atomic E-state index is 10.6. The molecule has 0 atom stereocenters. The highest BCUT2D eigenvalue weighted by molar-refractivity contribution is 5.64. The van der Waals surface area contributed by atoms with Crippen LogP contribution in [0.1, 0.15) is 11.1 Å². The van der Waals surface area contributed by atoms with Crippen LogP contribution < -0.4 is 15.4 Å². The molecule has 0 bridgehead atoms. The van der Waals surface area contributed by atoms with Crippen molar-refractivity contribution >= 4 is 11.8 Å². The van der Waals surface area contributed by atoms with E-state index in [4.69, 9.17) is 9.84 Å². The molecule has 0 fully saturated rings. The quantitative estimate of drug-likeness (QED) is 0.570. The Balaban J connectivity index is 1.70. The summed E-state index contributed by atoms with van der Waals surface area (Å²) in [5.41, 5.74) is 2.91. The molecule has 0 heterocycles. The van der Waals surface area contributed by atoms with Crippen LogP contribution >= 0.6 is 0 Å². The largest absolute Gasteiger partial charge is 0.465 e. The van der Waals surface area contributed by atoms with Gasteiger partial charge >= 0.3 is 6.09 Å². The standard InChI is InChI=1S/C21H20N2O3/c24-21(25)23-15-17-9-6-10-18(13-17)26-20-12-5-4-11-19(20)22-14-16-7-2-1-3-8-16/h1-13,22-23H,14-15H2,(H,24,25). The third-order valence-corrected chi connectivity index (χ3v) is 3.78. The summed E-state index contributed by atoms with van der Waals surface area (Å²) in [5.74, 6) is 1.37. The SMILES string of the molecule is O=C(O)NCc1cccc(Oc2ccccc2NCc2ccccc2)c1. The molecule has 3 aromatic rings. The lowest BCUT2D eigenvalue weighted by atomic mass is 10.2. The topological polar surface area (TPSA) is 70.6 Å². The molecule has 3 rings (SSSR count). The molecule has 5 heteroatoms. The lowest BCUT2D eigenvalue weighted by Crippen LogP contribution is -2.19. The Labute approximate surface area is 152 Å². The smallest absolute Gasteiger partial charge is 0.404 e. The van der Waals surface area contributed by atoms with E-state index in [1.807, 2.05) is 66.7 Å². The van der Waals surface area contributed by atoms with Crippen LogP contribution in [0.3, 0.4) is 0 Å². The van der Waals surface area contributed by atoms with E-state index in [2.05, 4.69) is 22.8 Å². The number of nitrogens with one attached hydrogen (secondary N) is 2. The number of hydrogen-bond acceptors (Lipinski definition) is 3. The van der Waals surface area contributed by atoms with Crippen LogP contribution in [0.5, 0.6) is 11.5 Å². The normalized spacial score (nSPS) is 10.2. The maximum atomic E-state index is 10.6. The predicted molar refractivity (Wildman–Crippen MR) is 102 cm³/mol. The molecule has 0 unspecified atom stereocenters. The van der Waals surface area contributed by atoms with Gasteiger partial charge in [-0.3, -0.25) is 0 Å². The van der Waals surface area contributed by atoms with E-state index in [1.165, 1.54) is 5.56 Å². The van der Waals surface area contributed by atoms with Gasteiger partial charge in [0.25, 0.3) is 0 Å². The van der Waals surface area contributed by atoms with Gasteiger partial charge in [-0.25, -0.2) is 4.79 Å². The lowest BCUT2D eigenvalue weighted by Gasteiger charge is -2.14. The minimum Gasteiger partial charge on any atom is -0.465 e. The Bertz CT molecular complexity index is 866. The highest BCUT2D eigenvalue weighted by Gasteiger charge is 2.06. The number of amides is 1. The van der Waals surface area contributed by atoms with Crippen molar-refractivity contribution in [3.05, 3.63) is 90.0 Å². The Morgan fingerprint density at radius 3 is 2.38 bits per heavy atom. The predicted octanol–water partition coefficient (Wildman–Crippen LogP) is 4.86. The molecule has 0 aliphatic rings.